The number of para-hydroxylation sites is 1. The normalized spacial score (nSPS) is 17.4. The van der Waals surface area contributed by atoms with Crippen LogP contribution in [0.3, 0.4) is 0 Å². The van der Waals surface area contributed by atoms with Crippen LogP contribution in [-0.2, 0) is 4.79 Å². The van der Waals surface area contributed by atoms with E-state index in [4.69, 9.17) is 0 Å². The summed E-state index contributed by atoms with van der Waals surface area (Å²) in [5.74, 6) is -0.795. The third-order valence-electron chi connectivity index (χ3n) is 5.22. The zero-order valence-corrected chi connectivity index (χ0v) is 14.9. The van der Waals surface area contributed by atoms with Crippen LogP contribution in [0.1, 0.15) is 11.6 Å². The largest absolute Gasteiger partial charge is 0.480 e. The quantitative estimate of drug-likeness (QED) is 0.759. The predicted molar refractivity (Wildman–Crippen MR) is 103 cm³/mol. The first kappa shape index (κ1) is 16.8. The van der Waals surface area contributed by atoms with Gasteiger partial charge in [0, 0.05) is 42.6 Å². The average molecular weight is 349 g/mol. The van der Waals surface area contributed by atoms with Crippen molar-refractivity contribution in [2.24, 2.45) is 0 Å². The number of carboxylic acids is 1. The molecule has 0 radical (unpaired) electrons. The molecule has 134 valence electrons. The molecule has 2 aromatic carbocycles. The van der Waals surface area contributed by atoms with Crippen LogP contribution in [0.15, 0.2) is 54.6 Å². The smallest absolute Gasteiger partial charge is 0.325 e. The Bertz CT molecular complexity index is 911. The van der Waals surface area contributed by atoms with Crippen LogP contribution in [0, 0.1) is 0 Å². The number of H-pyrrole nitrogens is 1. The highest BCUT2D eigenvalue weighted by molar-refractivity contribution is 5.95. The van der Waals surface area contributed by atoms with E-state index in [0.717, 1.165) is 53.9 Å². The first-order chi connectivity index (χ1) is 12.6. The topological polar surface area (TPSA) is 59.6 Å². The summed E-state index contributed by atoms with van der Waals surface area (Å²) >= 11 is 0. The van der Waals surface area contributed by atoms with Crippen molar-refractivity contribution in [3.8, 4) is 11.3 Å². The summed E-state index contributed by atoms with van der Waals surface area (Å²) in [7, 11) is 2.08. The van der Waals surface area contributed by atoms with E-state index in [0.29, 0.717) is 0 Å². The molecule has 0 aliphatic carbocycles. The first-order valence-electron chi connectivity index (χ1n) is 8.96. The average Bonchev–Trinajstić information content (AvgIpc) is 3.03. The molecular formula is C21H23N3O2. The van der Waals surface area contributed by atoms with Crippen molar-refractivity contribution in [1.82, 2.24) is 14.8 Å². The molecule has 2 N–H and O–H groups in total. The molecule has 1 aliphatic rings. The minimum Gasteiger partial charge on any atom is -0.480 e. The van der Waals surface area contributed by atoms with Crippen LogP contribution in [0.25, 0.3) is 22.2 Å². The van der Waals surface area contributed by atoms with Gasteiger partial charge in [0.15, 0.2) is 0 Å². The van der Waals surface area contributed by atoms with Crippen molar-refractivity contribution >= 4 is 16.9 Å². The maximum absolute atomic E-state index is 12.3. The number of nitrogens with one attached hydrogen (secondary N) is 1. The maximum atomic E-state index is 12.3. The molecule has 0 amide bonds. The zero-order chi connectivity index (χ0) is 18.1. The number of carbonyl (C=O) groups is 1. The Labute approximate surface area is 152 Å². The van der Waals surface area contributed by atoms with Crippen LogP contribution in [0.5, 0.6) is 0 Å². The number of rotatable bonds is 4. The molecule has 1 fully saturated rings. The molecule has 0 spiro atoms. The number of carboxylic acid groups (broad SMARTS) is 1. The molecule has 2 heterocycles. The molecule has 1 atom stereocenters. The molecule has 0 saturated carbocycles. The van der Waals surface area contributed by atoms with Gasteiger partial charge in [0.25, 0.3) is 0 Å². The zero-order valence-electron chi connectivity index (χ0n) is 14.9. The van der Waals surface area contributed by atoms with Crippen molar-refractivity contribution in [2.75, 3.05) is 33.2 Å². The summed E-state index contributed by atoms with van der Waals surface area (Å²) in [6.45, 7) is 3.27. The van der Waals surface area contributed by atoms with E-state index in [1.54, 1.807) is 0 Å². The van der Waals surface area contributed by atoms with Crippen LogP contribution < -0.4 is 0 Å². The Balaban J connectivity index is 1.88. The van der Waals surface area contributed by atoms with Gasteiger partial charge in [-0.1, -0.05) is 48.5 Å². The number of hydrogen-bond donors (Lipinski definition) is 2. The van der Waals surface area contributed by atoms with Gasteiger partial charge in [-0.25, -0.2) is 0 Å². The third kappa shape index (κ3) is 3.00. The summed E-state index contributed by atoms with van der Waals surface area (Å²) in [5, 5.41) is 11.1. The van der Waals surface area contributed by atoms with Gasteiger partial charge in [-0.2, -0.15) is 0 Å². The highest BCUT2D eigenvalue weighted by atomic mass is 16.4. The Morgan fingerprint density at radius 3 is 2.35 bits per heavy atom. The Hall–Kier alpha value is -2.63. The molecule has 5 heteroatoms. The maximum Gasteiger partial charge on any atom is 0.325 e. The van der Waals surface area contributed by atoms with E-state index in [2.05, 4.69) is 21.8 Å². The molecule has 3 aromatic rings. The van der Waals surface area contributed by atoms with Crippen LogP contribution in [-0.4, -0.2) is 59.1 Å². The molecule has 0 bridgehead atoms. The number of benzene rings is 2. The second-order valence-corrected chi connectivity index (χ2v) is 6.91. The minimum absolute atomic E-state index is 0.657. The fraction of sp³-hybridized carbons (Fsp3) is 0.286. The van der Waals surface area contributed by atoms with Gasteiger partial charge < -0.3 is 15.0 Å². The highest BCUT2D eigenvalue weighted by Gasteiger charge is 2.34. The molecule has 4 rings (SSSR count). The number of fused-ring (bicyclic) bond motifs is 1. The van der Waals surface area contributed by atoms with Crippen molar-refractivity contribution in [3.63, 3.8) is 0 Å². The van der Waals surface area contributed by atoms with Gasteiger partial charge in [0.2, 0.25) is 0 Å². The first-order valence-corrected chi connectivity index (χ1v) is 8.96. The lowest BCUT2D eigenvalue weighted by molar-refractivity contribution is -0.144. The van der Waals surface area contributed by atoms with Crippen molar-refractivity contribution in [2.45, 2.75) is 6.04 Å². The SMILES string of the molecule is CN1CCN([C@H](C(=O)O)c2c(-c3ccccc3)[nH]c3ccccc23)CC1. The van der Waals surface area contributed by atoms with Crippen LogP contribution in [0.2, 0.25) is 0 Å². The van der Waals surface area contributed by atoms with Crippen LogP contribution >= 0.6 is 0 Å². The lowest BCUT2D eigenvalue weighted by Crippen LogP contribution is -2.47. The monoisotopic (exact) mass is 349 g/mol. The minimum atomic E-state index is -0.795. The number of aromatic amines is 1. The standard InChI is InChI=1S/C21H23N3O2/c1-23-11-13-24(14-12-23)20(21(25)26)18-16-9-5-6-10-17(16)22-19(18)15-7-3-2-4-8-15/h2-10,20,22H,11-14H2,1H3,(H,25,26)/t20-/m0/s1. The second kappa shape index (κ2) is 6.94. The molecule has 1 aliphatic heterocycles. The fourth-order valence-corrected chi connectivity index (χ4v) is 3.82. The second-order valence-electron chi connectivity index (χ2n) is 6.91. The molecule has 1 aromatic heterocycles. The van der Waals surface area contributed by atoms with Gasteiger partial charge in [-0.05, 0) is 18.7 Å². The number of piperazine rings is 1. The number of aromatic nitrogens is 1. The molecular weight excluding hydrogens is 326 g/mol. The molecule has 26 heavy (non-hydrogen) atoms. The van der Waals surface area contributed by atoms with Gasteiger partial charge in [-0.15, -0.1) is 0 Å². The number of aliphatic carboxylic acids is 1. The molecule has 0 unspecified atom stereocenters. The third-order valence-corrected chi connectivity index (χ3v) is 5.22. The fourth-order valence-electron chi connectivity index (χ4n) is 3.82. The van der Waals surface area contributed by atoms with Gasteiger partial charge in [-0.3, -0.25) is 9.69 Å². The van der Waals surface area contributed by atoms with E-state index in [1.165, 1.54) is 0 Å². The predicted octanol–water partition coefficient (Wildman–Crippen LogP) is 3.21. The van der Waals surface area contributed by atoms with Crippen LogP contribution in [0.4, 0.5) is 0 Å². The van der Waals surface area contributed by atoms with E-state index in [1.807, 2.05) is 54.6 Å². The van der Waals surface area contributed by atoms with E-state index in [-0.39, 0.29) is 0 Å². The summed E-state index contributed by atoms with van der Waals surface area (Å²) in [4.78, 5) is 20.1. The molecule has 1 saturated heterocycles. The van der Waals surface area contributed by atoms with Gasteiger partial charge in [0.05, 0.1) is 5.69 Å². The summed E-state index contributed by atoms with van der Waals surface area (Å²) in [6.07, 6.45) is 0. The van der Waals surface area contributed by atoms with Crippen molar-refractivity contribution in [3.05, 3.63) is 60.2 Å². The van der Waals surface area contributed by atoms with Crippen molar-refractivity contribution in [1.29, 1.82) is 0 Å². The van der Waals surface area contributed by atoms with Gasteiger partial charge in [0.1, 0.15) is 6.04 Å². The highest BCUT2D eigenvalue weighted by Crippen LogP contribution is 2.37. The van der Waals surface area contributed by atoms with E-state index >= 15 is 0 Å². The van der Waals surface area contributed by atoms with Gasteiger partial charge >= 0.3 is 5.97 Å². The Kier molecular flexibility index (Phi) is 4.49. The number of nitrogens with zero attached hydrogens (tertiary/aromatic N) is 2. The summed E-state index contributed by atoms with van der Waals surface area (Å²) in [6, 6.07) is 17.3. The molecule has 5 nitrogen and oxygen atoms in total. The number of likely N-dealkylation sites (N-methyl/N-ethyl adjacent to an activating group) is 1. The number of hydrogen-bond acceptors (Lipinski definition) is 3. The summed E-state index contributed by atoms with van der Waals surface area (Å²) < 4.78 is 0. The van der Waals surface area contributed by atoms with Crippen molar-refractivity contribution < 1.29 is 9.90 Å². The van der Waals surface area contributed by atoms with E-state index < -0.39 is 12.0 Å². The lowest BCUT2D eigenvalue weighted by atomic mass is 9.97. The van der Waals surface area contributed by atoms with E-state index in [9.17, 15) is 9.90 Å². The Morgan fingerprint density at radius 1 is 1.00 bits per heavy atom. The summed E-state index contributed by atoms with van der Waals surface area (Å²) in [5.41, 5.74) is 3.75. The Morgan fingerprint density at radius 2 is 1.65 bits per heavy atom. The lowest BCUT2D eigenvalue weighted by Gasteiger charge is -2.36.